The summed E-state index contributed by atoms with van der Waals surface area (Å²) in [5.41, 5.74) is 5.03. The molecular formula is C14H11F3N3OS2+. The van der Waals surface area contributed by atoms with Crippen molar-refractivity contribution in [2.45, 2.75) is 12.7 Å². The fourth-order valence-electron chi connectivity index (χ4n) is 2.04. The van der Waals surface area contributed by atoms with Crippen molar-refractivity contribution in [3.8, 4) is 0 Å². The van der Waals surface area contributed by atoms with Crippen LogP contribution in [0.2, 0.25) is 0 Å². The third kappa shape index (κ3) is 3.30. The highest BCUT2D eigenvalue weighted by molar-refractivity contribution is 7.20. The van der Waals surface area contributed by atoms with Gasteiger partial charge in [0.1, 0.15) is 4.70 Å². The Bertz CT molecular complexity index is 856. The summed E-state index contributed by atoms with van der Waals surface area (Å²) in [4.78, 5) is 15.8. The number of carbonyl (C=O) groups excluding carboxylic acids is 1. The molecule has 0 aliphatic rings. The molecule has 0 unspecified atom stereocenters. The normalized spacial score (nSPS) is 11.8. The summed E-state index contributed by atoms with van der Waals surface area (Å²) in [6.07, 6.45) is -4.49. The summed E-state index contributed by atoms with van der Waals surface area (Å²) in [7, 11) is 0. The molecule has 4 nitrogen and oxygen atoms in total. The Balaban J connectivity index is 1.87. The van der Waals surface area contributed by atoms with E-state index >= 15 is 0 Å². The van der Waals surface area contributed by atoms with Crippen molar-refractivity contribution >= 4 is 44.5 Å². The lowest BCUT2D eigenvalue weighted by Crippen LogP contribution is -2.26. The number of alkyl halides is 3. The van der Waals surface area contributed by atoms with E-state index in [0.717, 1.165) is 28.3 Å². The molecule has 120 valence electrons. The standard InChI is InChI=1S/C14H10F3N3OS2/c15-14(16,17)7-4-9(18)11-10(5-7)20-13(23-11)12(21)19-6-8-2-1-3-22-8/h1-5H,6,18H2,(H,19,21)/p+1. The average Bonchev–Trinajstić information content (AvgIpc) is 3.13. The Morgan fingerprint density at radius 1 is 1.35 bits per heavy atom. The number of rotatable bonds is 3. The number of nitrogen functional groups attached to an aromatic ring is 1. The maximum absolute atomic E-state index is 12.8. The van der Waals surface area contributed by atoms with Crippen LogP contribution in [0.5, 0.6) is 0 Å². The van der Waals surface area contributed by atoms with Gasteiger partial charge in [-0.2, -0.15) is 18.2 Å². The van der Waals surface area contributed by atoms with Gasteiger partial charge in [0.25, 0.3) is 0 Å². The summed E-state index contributed by atoms with van der Waals surface area (Å²) in [5, 5.41) is 4.82. The third-order valence-electron chi connectivity index (χ3n) is 3.11. The summed E-state index contributed by atoms with van der Waals surface area (Å²) >= 11 is 2.54. The van der Waals surface area contributed by atoms with Crippen molar-refractivity contribution in [1.29, 1.82) is 0 Å². The first-order valence-corrected chi connectivity index (χ1v) is 8.17. The maximum Gasteiger partial charge on any atom is 0.416 e. The van der Waals surface area contributed by atoms with Crippen molar-refractivity contribution in [1.82, 2.24) is 5.32 Å². The van der Waals surface area contributed by atoms with Crippen molar-refractivity contribution in [3.05, 3.63) is 45.1 Å². The minimum absolute atomic E-state index is 0.00613. The Hall–Kier alpha value is -2.13. The van der Waals surface area contributed by atoms with E-state index in [-0.39, 0.29) is 22.1 Å². The average molecular weight is 358 g/mol. The molecule has 9 heteroatoms. The molecule has 0 bridgehead atoms. The summed E-state index contributed by atoms with van der Waals surface area (Å²) in [5.74, 6) is -0.382. The van der Waals surface area contributed by atoms with E-state index in [4.69, 9.17) is 5.73 Å². The van der Waals surface area contributed by atoms with Crippen LogP contribution in [0.3, 0.4) is 0 Å². The van der Waals surface area contributed by atoms with Crippen molar-refractivity contribution < 1.29 is 22.9 Å². The molecule has 1 aromatic carbocycles. The zero-order valence-corrected chi connectivity index (χ0v) is 13.2. The molecule has 2 aromatic heterocycles. The SMILES string of the molecule is Nc1cc(C(F)(F)F)cc2[nH+]c(C(=O)NCc3cccs3)sc12. The molecule has 2 heterocycles. The first kappa shape index (κ1) is 15.8. The fourth-order valence-corrected chi connectivity index (χ4v) is 3.61. The minimum atomic E-state index is -4.49. The fraction of sp³-hybridized carbons (Fsp3) is 0.143. The van der Waals surface area contributed by atoms with Gasteiger partial charge in [0.2, 0.25) is 5.52 Å². The largest absolute Gasteiger partial charge is 0.416 e. The molecule has 4 N–H and O–H groups in total. The number of halogens is 3. The van der Waals surface area contributed by atoms with Crippen molar-refractivity contribution in [2.24, 2.45) is 0 Å². The van der Waals surface area contributed by atoms with Crippen molar-refractivity contribution in [2.75, 3.05) is 5.73 Å². The zero-order chi connectivity index (χ0) is 16.6. The molecule has 0 saturated carbocycles. The van der Waals surface area contributed by atoms with Crippen LogP contribution in [0.4, 0.5) is 18.9 Å². The predicted molar refractivity (Wildman–Crippen MR) is 83.3 cm³/mol. The Morgan fingerprint density at radius 2 is 2.13 bits per heavy atom. The molecule has 1 amide bonds. The van der Waals surface area contributed by atoms with Gasteiger partial charge in [-0.1, -0.05) is 17.4 Å². The number of hydrogen-bond donors (Lipinski definition) is 2. The molecule has 0 spiro atoms. The number of H-pyrrole nitrogens is 1. The lowest BCUT2D eigenvalue weighted by atomic mass is 10.2. The number of benzene rings is 1. The highest BCUT2D eigenvalue weighted by Crippen LogP contribution is 2.35. The number of aromatic nitrogens is 1. The third-order valence-corrected chi connectivity index (χ3v) is 5.13. The van der Waals surface area contributed by atoms with E-state index in [2.05, 4.69) is 10.3 Å². The maximum atomic E-state index is 12.8. The number of thiazole rings is 1. The smallest absolute Gasteiger partial charge is 0.397 e. The Morgan fingerprint density at radius 3 is 2.78 bits per heavy atom. The molecule has 0 radical (unpaired) electrons. The Labute approximate surface area is 136 Å². The first-order valence-electron chi connectivity index (χ1n) is 6.47. The molecule has 23 heavy (non-hydrogen) atoms. The number of fused-ring (bicyclic) bond motifs is 1. The molecular weight excluding hydrogens is 347 g/mol. The molecule has 0 saturated heterocycles. The van der Waals surface area contributed by atoms with Gasteiger partial charge in [0.05, 0.1) is 17.8 Å². The number of nitrogens with one attached hydrogen (secondary N) is 2. The van der Waals surface area contributed by atoms with Crippen LogP contribution in [0.25, 0.3) is 10.2 Å². The summed E-state index contributed by atoms with van der Waals surface area (Å²) < 4.78 is 38.8. The number of hydrogen-bond acceptors (Lipinski definition) is 4. The van der Waals surface area contributed by atoms with Gasteiger partial charge in [-0.3, -0.25) is 4.79 Å². The zero-order valence-electron chi connectivity index (χ0n) is 11.5. The lowest BCUT2D eigenvalue weighted by molar-refractivity contribution is -0.342. The van der Waals surface area contributed by atoms with Gasteiger partial charge in [0.15, 0.2) is 0 Å². The Kier molecular flexibility index (Phi) is 3.99. The molecule has 0 aliphatic heterocycles. The van der Waals surface area contributed by atoms with Gasteiger partial charge < -0.3 is 11.1 Å². The van der Waals surface area contributed by atoms with Gasteiger partial charge >= 0.3 is 17.1 Å². The molecule has 3 rings (SSSR count). The van der Waals surface area contributed by atoms with E-state index in [0.29, 0.717) is 11.2 Å². The number of thiophene rings is 1. The quantitative estimate of drug-likeness (QED) is 0.705. The van der Waals surface area contributed by atoms with Gasteiger partial charge in [-0.15, -0.1) is 11.3 Å². The second-order valence-electron chi connectivity index (χ2n) is 4.76. The second kappa shape index (κ2) is 5.82. The summed E-state index contributed by atoms with van der Waals surface area (Å²) in [6.45, 7) is 0.363. The van der Waals surface area contributed by atoms with Crippen LogP contribution in [-0.2, 0) is 12.7 Å². The number of carbonyl (C=O) groups is 1. The van der Waals surface area contributed by atoms with Crippen LogP contribution in [-0.4, -0.2) is 5.91 Å². The highest BCUT2D eigenvalue weighted by Gasteiger charge is 2.33. The first-order chi connectivity index (χ1) is 10.8. The second-order valence-corrected chi connectivity index (χ2v) is 6.81. The van der Waals surface area contributed by atoms with Crippen LogP contribution in [0.1, 0.15) is 20.2 Å². The van der Waals surface area contributed by atoms with Crippen LogP contribution in [0, 0.1) is 0 Å². The van der Waals surface area contributed by atoms with E-state index in [1.54, 1.807) is 0 Å². The van der Waals surface area contributed by atoms with E-state index in [1.807, 2.05) is 17.5 Å². The molecule has 0 fully saturated rings. The minimum Gasteiger partial charge on any atom is -0.397 e. The van der Waals surface area contributed by atoms with Gasteiger partial charge in [-0.05, 0) is 17.5 Å². The topological polar surface area (TPSA) is 69.3 Å². The number of amides is 1. The van der Waals surface area contributed by atoms with Crippen molar-refractivity contribution in [3.63, 3.8) is 0 Å². The van der Waals surface area contributed by atoms with Crippen LogP contribution in [0.15, 0.2) is 29.6 Å². The molecule has 0 atom stereocenters. The van der Waals surface area contributed by atoms with Crippen LogP contribution >= 0.6 is 22.7 Å². The van der Waals surface area contributed by atoms with Gasteiger partial charge in [-0.25, -0.2) is 0 Å². The predicted octanol–water partition coefficient (Wildman–Crippen LogP) is 3.31. The van der Waals surface area contributed by atoms with Crippen LogP contribution < -0.4 is 16.0 Å². The molecule has 0 aliphatic carbocycles. The lowest BCUT2D eigenvalue weighted by Gasteiger charge is -2.05. The molecule has 3 aromatic rings. The number of aromatic amines is 1. The summed E-state index contributed by atoms with van der Waals surface area (Å²) in [6, 6.07) is 5.59. The van der Waals surface area contributed by atoms with Gasteiger partial charge in [0, 0.05) is 10.9 Å². The van der Waals surface area contributed by atoms with E-state index in [9.17, 15) is 18.0 Å². The number of anilines is 1. The van der Waals surface area contributed by atoms with E-state index < -0.39 is 11.7 Å². The number of nitrogens with two attached hydrogens (primary N) is 1. The highest BCUT2D eigenvalue weighted by atomic mass is 32.1. The monoisotopic (exact) mass is 358 g/mol. The van der Waals surface area contributed by atoms with E-state index in [1.165, 1.54) is 11.3 Å².